The normalized spacial score (nSPS) is 10.1. The second-order valence-electron chi connectivity index (χ2n) is 3.75. The van der Waals surface area contributed by atoms with Crippen LogP contribution in [-0.2, 0) is 4.79 Å². The molecule has 0 aliphatic heterocycles. The van der Waals surface area contributed by atoms with Crippen LogP contribution in [0.3, 0.4) is 0 Å². The number of hydrogen-bond donors (Lipinski definition) is 2. The van der Waals surface area contributed by atoms with Crippen LogP contribution in [0.15, 0.2) is 24.3 Å². The molecule has 1 amide bonds. The zero-order chi connectivity index (χ0) is 12.7. The zero-order valence-electron chi connectivity index (χ0n) is 10.2. The van der Waals surface area contributed by atoms with Crippen molar-refractivity contribution in [1.82, 2.24) is 10.6 Å². The number of para-hydroxylation sites is 1. The van der Waals surface area contributed by atoms with Gasteiger partial charge in [0.15, 0.2) is 0 Å². The minimum atomic E-state index is -0.253. The van der Waals surface area contributed by atoms with Gasteiger partial charge in [-0.2, -0.15) is 0 Å². The van der Waals surface area contributed by atoms with E-state index in [4.69, 9.17) is 0 Å². The largest absolute Gasteiger partial charge is 0.370 e. The number of carbonyl (C=O) groups excluding carboxylic acids is 1. The fourth-order valence-electron chi connectivity index (χ4n) is 1.47. The van der Waals surface area contributed by atoms with Gasteiger partial charge in [-0.1, -0.05) is 12.1 Å². The summed E-state index contributed by atoms with van der Waals surface area (Å²) in [5, 5.41) is 5.50. The first-order valence-electron chi connectivity index (χ1n) is 5.52. The fraction of sp³-hybridized carbons (Fsp3) is 0.417. The summed E-state index contributed by atoms with van der Waals surface area (Å²) in [5.74, 6) is -0.314. The van der Waals surface area contributed by atoms with Gasteiger partial charge in [0.25, 0.3) is 0 Å². The van der Waals surface area contributed by atoms with E-state index in [1.807, 2.05) is 0 Å². The average molecular weight is 239 g/mol. The van der Waals surface area contributed by atoms with Crippen LogP contribution >= 0.6 is 0 Å². The molecule has 1 aromatic carbocycles. The standard InChI is InChI=1S/C12H18FN3O/c1-14-9-12(17)15-7-8-16(2)11-6-4-3-5-10(11)13/h3-6,14H,7-9H2,1-2H3,(H,15,17). The molecule has 0 heterocycles. The number of rotatable bonds is 6. The van der Waals surface area contributed by atoms with E-state index in [-0.39, 0.29) is 11.7 Å². The zero-order valence-corrected chi connectivity index (χ0v) is 10.2. The quantitative estimate of drug-likeness (QED) is 0.764. The molecule has 0 unspecified atom stereocenters. The number of hydrogen-bond acceptors (Lipinski definition) is 3. The highest BCUT2D eigenvalue weighted by Crippen LogP contribution is 2.16. The SMILES string of the molecule is CNCC(=O)NCCN(C)c1ccccc1F. The fourth-order valence-corrected chi connectivity index (χ4v) is 1.47. The number of nitrogens with zero attached hydrogens (tertiary/aromatic N) is 1. The van der Waals surface area contributed by atoms with Gasteiger partial charge in [0.1, 0.15) is 5.82 Å². The van der Waals surface area contributed by atoms with Gasteiger partial charge in [-0.3, -0.25) is 4.79 Å². The van der Waals surface area contributed by atoms with Crippen LogP contribution in [0.2, 0.25) is 0 Å². The Labute approximate surface area is 101 Å². The maximum absolute atomic E-state index is 13.4. The van der Waals surface area contributed by atoms with Crippen molar-refractivity contribution in [1.29, 1.82) is 0 Å². The van der Waals surface area contributed by atoms with E-state index in [1.54, 1.807) is 37.2 Å². The second kappa shape index (κ2) is 6.85. The minimum Gasteiger partial charge on any atom is -0.370 e. The Morgan fingerprint density at radius 2 is 2.12 bits per heavy atom. The molecule has 4 nitrogen and oxygen atoms in total. The molecule has 0 spiro atoms. The number of halogens is 1. The van der Waals surface area contributed by atoms with Crippen molar-refractivity contribution in [3.05, 3.63) is 30.1 Å². The molecule has 17 heavy (non-hydrogen) atoms. The van der Waals surface area contributed by atoms with Gasteiger partial charge in [-0.05, 0) is 19.2 Å². The van der Waals surface area contributed by atoms with Crippen LogP contribution in [0, 0.1) is 5.82 Å². The van der Waals surface area contributed by atoms with Crippen molar-refractivity contribution in [2.75, 3.05) is 38.6 Å². The Kier molecular flexibility index (Phi) is 5.42. The molecule has 1 rings (SSSR count). The summed E-state index contributed by atoms with van der Waals surface area (Å²) >= 11 is 0. The van der Waals surface area contributed by atoms with Crippen LogP contribution in [-0.4, -0.2) is 39.6 Å². The van der Waals surface area contributed by atoms with Crippen molar-refractivity contribution >= 4 is 11.6 Å². The van der Waals surface area contributed by atoms with E-state index in [2.05, 4.69) is 10.6 Å². The number of benzene rings is 1. The molecule has 0 bridgehead atoms. The predicted octanol–water partition coefficient (Wildman–Crippen LogP) is 0.597. The Morgan fingerprint density at radius 1 is 1.41 bits per heavy atom. The monoisotopic (exact) mass is 239 g/mol. The molecular formula is C12H18FN3O. The topological polar surface area (TPSA) is 44.4 Å². The summed E-state index contributed by atoms with van der Waals surface area (Å²) in [6.07, 6.45) is 0. The average Bonchev–Trinajstić information content (AvgIpc) is 2.29. The molecule has 5 heteroatoms. The molecule has 0 fully saturated rings. The van der Waals surface area contributed by atoms with E-state index >= 15 is 0 Å². The molecule has 0 aliphatic carbocycles. The maximum atomic E-state index is 13.4. The lowest BCUT2D eigenvalue weighted by Gasteiger charge is -2.19. The summed E-state index contributed by atoms with van der Waals surface area (Å²) in [7, 11) is 3.51. The lowest BCUT2D eigenvalue weighted by Crippen LogP contribution is -2.37. The summed E-state index contributed by atoms with van der Waals surface area (Å²) in [5.41, 5.74) is 0.537. The summed E-state index contributed by atoms with van der Waals surface area (Å²) in [6, 6.07) is 6.58. The summed E-state index contributed by atoms with van der Waals surface area (Å²) in [6.45, 7) is 1.35. The highest BCUT2D eigenvalue weighted by molar-refractivity contribution is 5.77. The third-order valence-corrected chi connectivity index (χ3v) is 2.37. The number of likely N-dealkylation sites (N-methyl/N-ethyl adjacent to an activating group) is 2. The van der Waals surface area contributed by atoms with Gasteiger partial charge in [-0.15, -0.1) is 0 Å². The Morgan fingerprint density at radius 3 is 2.76 bits per heavy atom. The lowest BCUT2D eigenvalue weighted by atomic mass is 10.3. The molecule has 0 radical (unpaired) electrons. The van der Waals surface area contributed by atoms with E-state index in [1.165, 1.54) is 6.07 Å². The predicted molar refractivity (Wildman–Crippen MR) is 66.6 cm³/mol. The first kappa shape index (κ1) is 13.4. The van der Waals surface area contributed by atoms with Gasteiger partial charge in [0.2, 0.25) is 5.91 Å². The Bertz CT molecular complexity index is 371. The van der Waals surface area contributed by atoms with Gasteiger partial charge >= 0.3 is 0 Å². The molecule has 0 saturated heterocycles. The Hall–Kier alpha value is -1.62. The van der Waals surface area contributed by atoms with Crippen molar-refractivity contribution in [2.45, 2.75) is 0 Å². The number of carbonyl (C=O) groups is 1. The van der Waals surface area contributed by atoms with Gasteiger partial charge in [0.05, 0.1) is 12.2 Å². The smallest absolute Gasteiger partial charge is 0.234 e. The van der Waals surface area contributed by atoms with Crippen LogP contribution in [0.5, 0.6) is 0 Å². The molecular weight excluding hydrogens is 221 g/mol. The molecule has 2 N–H and O–H groups in total. The molecule has 0 saturated carbocycles. The number of nitrogens with one attached hydrogen (secondary N) is 2. The highest BCUT2D eigenvalue weighted by Gasteiger charge is 2.06. The van der Waals surface area contributed by atoms with Crippen LogP contribution in [0.4, 0.5) is 10.1 Å². The lowest BCUT2D eigenvalue weighted by molar-refractivity contribution is -0.120. The third-order valence-electron chi connectivity index (χ3n) is 2.37. The second-order valence-corrected chi connectivity index (χ2v) is 3.75. The maximum Gasteiger partial charge on any atom is 0.234 e. The van der Waals surface area contributed by atoms with Crippen molar-refractivity contribution in [3.8, 4) is 0 Å². The van der Waals surface area contributed by atoms with Crippen LogP contribution < -0.4 is 15.5 Å². The first-order valence-corrected chi connectivity index (χ1v) is 5.52. The summed E-state index contributed by atoms with van der Waals surface area (Å²) < 4.78 is 13.4. The number of anilines is 1. The molecule has 94 valence electrons. The van der Waals surface area contributed by atoms with Crippen molar-refractivity contribution in [2.24, 2.45) is 0 Å². The Balaban J connectivity index is 2.38. The number of amides is 1. The minimum absolute atomic E-state index is 0.0607. The van der Waals surface area contributed by atoms with E-state index in [9.17, 15) is 9.18 Å². The highest BCUT2D eigenvalue weighted by atomic mass is 19.1. The molecule has 1 aromatic rings. The van der Waals surface area contributed by atoms with Crippen LogP contribution in [0.25, 0.3) is 0 Å². The van der Waals surface area contributed by atoms with E-state index in [0.717, 1.165) is 0 Å². The van der Waals surface area contributed by atoms with Gasteiger partial charge in [0, 0.05) is 20.1 Å². The van der Waals surface area contributed by atoms with Crippen LogP contribution in [0.1, 0.15) is 0 Å². The molecule has 0 atom stereocenters. The molecule has 0 aromatic heterocycles. The third kappa shape index (κ3) is 4.40. The van der Waals surface area contributed by atoms with Gasteiger partial charge < -0.3 is 15.5 Å². The first-order chi connectivity index (χ1) is 8.15. The van der Waals surface area contributed by atoms with E-state index < -0.39 is 0 Å². The van der Waals surface area contributed by atoms with E-state index in [0.29, 0.717) is 25.3 Å². The molecule has 0 aliphatic rings. The summed E-state index contributed by atoms with van der Waals surface area (Å²) in [4.78, 5) is 12.9. The van der Waals surface area contributed by atoms with Gasteiger partial charge in [-0.25, -0.2) is 4.39 Å². The van der Waals surface area contributed by atoms with Crippen molar-refractivity contribution < 1.29 is 9.18 Å². The van der Waals surface area contributed by atoms with Crippen molar-refractivity contribution in [3.63, 3.8) is 0 Å².